The lowest BCUT2D eigenvalue weighted by Crippen LogP contribution is -2.11. The summed E-state index contributed by atoms with van der Waals surface area (Å²) in [6.45, 7) is 4.07. The number of amides is 1. The fourth-order valence-corrected chi connectivity index (χ4v) is 3.30. The second-order valence-corrected chi connectivity index (χ2v) is 6.93. The summed E-state index contributed by atoms with van der Waals surface area (Å²) in [5.74, 6) is 1.49. The monoisotopic (exact) mass is 375 g/mol. The number of hydrogen-bond acceptors (Lipinski definition) is 3. The summed E-state index contributed by atoms with van der Waals surface area (Å²) in [7, 11) is 0. The Kier molecular flexibility index (Phi) is 6.72. The zero-order valence-electron chi connectivity index (χ0n) is 14.9. The van der Waals surface area contributed by atoms with Gasteiger partial charge in [-0.05, 0) is 54.1 Å². The highest BCUT2D eigenvalue weighted by molar-refractivity contribution is 7.98. The first-order chi connectivity index (χ1) is 13.2. The largest absolute Gasteiger partial charge is 0.490 e. The van der Waals surface area contributed by atoms with E-state index in [1.165, 1.54) is 10.5 Å². The molecule has 0 saturated carbocycles. The van der Waals surface area contributed by atoms with Gasteiger partial charge in [0, 0.05) is 21.9 Å². The zero-order chi connectivity index (χ0) is 18.9. The van der Waals surface area contributed by atoms with Crippen LogP contribution in [0.3, 0.4) is 0 Å². The van der Waals surface area contributed by atoms with Gasteiger partial charge in [0.05, 0.1) is 0 Å². The van der Waals surface area contributed by atoms with Crippen LogP contribution in [0.1, 0.15) is 15.9 Å². The molecule has 1 amide bonds. The Morgan fingerprint density at radius 3 is 2.33 bits per heavy atom. The van der Waals surface area contributed by atoms with Crippen molar-refractivity contribution in [3.05, 3.63) is 103 Å². The Labute approximate surface area is 164 Å². The van der Waals surface area contributed by atoms with E-state index in [4.69, 9.17) is 4.74 Å². The minimum absolute atomic E-state index is 0.128. The van der Waals surface area contributed by atoms with Gasteiger partial charge in [0.15, 0.2) is 0 Å². The number of hydrogen-bond donors (Lipinski definition) is 1. The predicted molar refractivity (Wildman–Crippen MR) is 113 cm³/mol. The highest BCUT2D eigenvalue weighted by Gasteiger charge is 2.06. The van der Waals surface area contributed by atoms with Gasteiger partial charge in [-0.25, -0.2) is 0 Å². The lowest BCUT2D eigenvalue weighted by molar-refractivity contribution is 0.102. The van der Waals surface area contributed by atoms with Gasteiger partial charge in [-0.1, -0.05) is 43.0 Å². The number of anilines is 1. The minimum Gasteiger partial charge on any atom is -0.490 e. The summed E-state index contributed by atoms with van der Waals surface area (Å²) in [5, 5.41) is 2.90. The first-order valence-corrected chi connectivity index (χ1v) is 9.65. The summed E-state index contributed by atoms with van der Waals surface area (Å²) in [4.78, 5) is 13.6. The van der Waals surface area contributed by atoms with Crippen molar-refractivity contribution in [3.8, 4) is 5.75 Å². The fourth-order valence-electron chi connectivity index (χ4n) is 2.43. The van der Waals surface area contributed by atoms with E-state index in [1.807, 2.05) is 66.7 Å². The maximum atomic E-state index is 12.4. The molecule has 3 nitrogen and oxygen atoms in total. The smallest absolute Gasteiger partial charge is 0.255 e. The maximum absolute atomic E-state index is 12.4. The maximum Gasteiger partial charge on any atom is 0.255 e. The molecule has 3 aromatic carbocycles. The quantitative estimate of drug-likeness (QED) is 0.400. The van der Waals surface area contributed by atoms with Crippen LogP contribution in [-0.2, 0) is 5.75 Å². The first kappa shape index (κ1) is 18.8. The van der Waals surface area contributed by atoms with Gasteiger partial charge < -0.3 is 10.1 Å². The van der Waals surface area contributed by atoms with Gasteiger partial charge in [-0.15, -0.1) is 11.8 Å². The Hall–Kier alpha value is -2.98. The second kappa shape index (κ2) is 9.64. The predicted octanol–water partition coefficient (Wildman–Crippen LogP) is 5.80. The average Bonchev–Trinajstić information content (AvgIpc) is 2.73. The van der Waals surface area contributed by atoms with Crippen LogP contribution in [0.5, 0.6) is 5.75 Å². The number of thioether (sulfide) groups is 1. The topological polar surface area (TPSA) is 38.3 Å². The number of rotatable bonds is 8. The van der Waals surface area contributed by atoms with E-state index in [-0.39, 0.29) is 5.91 Å². The summed E-state index contributed by atoms with van der Waals surface area (Å²) in [6, 6.07) is 25.3. The lowest BCUT2D eigenvalue weighted by Gasteiger charge is -2.08. The normalized spacial score (nSPS) is 10.2. The molecule has 0 heterocycles. The Balaban J connectivity index is 1.54. The molecule has 0 aliphatic carbocycles. The molecule has 1 N–H and O–H groups in total. The molecule has 0 bridgehead atoms. The van der Waals surface area contributed by atoms with Crippen LogP contribution < -0.4 is 10.1 Å². The van der Waals surface area contributed by atoms with Crippen molar-refractivity contribution in [1.29, 1.82) is 0 Å². The molecule has 0 radical (unpaired) electrons. The van der Waals surface area contributed by atoms with Crippen molar-refractivity contribution < 1.29 is 9.53 Å². The van der Waals surface area contributed by atoms with Crippen molar-refractivity contribution in [2.24, 2.45) is 0 Å². The first-order valence-electron chi connectivity index (χ1n) is 8.66. The van der Waals surface area contributed by atoms with Crippen LogP contribution in [0.25, 0.3) is 0 Å². The van der Waals surface area contributed by atoms with E-state index in [0.717, 1.165) is 17.2 Å². The highest BCUT2D eigenvalue weighted by Crippen LogP contribution is 2.22. The SMILES string of the molecule is C=CCOc1ccc(NC(=O)c2ccc(CSc3ccccc3)cc2)cc1. The van der Waals surface area contributed by atoms with Crippen molar-refractivity contribution in [3.63, 3.8) is 0 Å². The fraction of sp³-hybridized carbons (Fsp3) is 0.0870. The van der Waals surface area contributed by atoms with E-state index in [9.17, 15) is 4.79 Å². The molecule has 4 heteroatoms. The van der Waals surface area contributed by atoms with E-state index < -0.39 is 0 Å². The molecular formula is C23H21NO2S. The van der Waals surface area contributed by atoms with Crippen LogP contribution in [0.4, 0.5) is 5.69 Å². The van der Waals surface area contributed by atoms with Crippen LogP contribution >= 0.6 is 11.8 Å². The van der Waals surface area contributed by atoms with Gasteiger partial charge in [-0.3, -0.25) is 4.79 Å². The van der Waals surface area contributed by atoms with Crippen LogP contribution in [0, 0.1) is 0 Å². The van der Waals surface area contributed by atoms with Gasteiger partial charge >= 0.3 is 0 Å². The van der Waals surface area contributed by atoms with Gasteiger partial charge in [0.2, 0.25) is 0 Å². The van der Waals surface area contributed by atoms with Crippen LogP contribution in [-0.4, -0.2) is 12.5 Å². The van der Waals surface area contributed by atoms with Gasteiger partial charge in [0.25, 0.3) is 5.91 Å². The molecule has 136 valence electrons. The standard InChI is InChI=1S/C23H21NO2S/c1-2-16-26-21-14-12-20(13-15-21)24-23(25)19-10-8-18(9-11-19)17-27-22-6-4-3-5-7-22/h2-15H,1,16-17H2,(H,24,25). The summed E-state index contributed by atoms with van der Waals surface area (Å²) in [6.07, 6.45) is 1.69. The molecular weight excluding hydrogens is 354 g/mol. The number of carbonyl (C=O) groups excluding carboxylic acids is 1. The molecule has 27 heavy (non-hydrogen) atoms. The summed E-state index contributed by atoms with van der Waals surface area (Å²) >= 11 is 1.78. The third-order valence-electron chi connectivity index (χ3n) is 3.84. The molecule has 0 atom stereocenters. The van der Waals surface area contributed by atoms with E-state index in [0.29, 0.717) is 12.2 Å². The van der Waals surface area contributed by atoms with Crippen LogP contribution in [0.2, 0.25) is 0 Å². The number of carbonyl (C=O) groups is 1. The Morgan fingerprint density at radius 1 is 0.963 bits per heavy atom. The molecule has 0 aliphatic rings. The minimum atomic E-state index is -0.128. The van der Waals surface area contributed by atoms with Crippen molar-refractivity contribution >= 4 is 23.4 Å². The highest BCUT2D eigenvalue weighted by atomic mass is 32.2. The molecule has 0 saturated heterocycles. The molecule has 3 aromatic rings. The molecule has 0 aliphatic heterocycles. The van der Waals surface area contributed by atoms with Gasteiger partial charge in [-0.2, -0.15) is 0 Å². The summed E-state index contributed by atoms with van der Waals surface area (Å²) < 4.78 is 5.44. The van der Waals surface area contributed by atoms with Crippen LogP contribution in [0.15, 0.2) is 96.4 Å². The second-order valence-electron chi connectivity index (χ2n) is 5.88. The molecule has 0 unspecified atom stereocenters. The van der Waals surface area contributed by atoms with E-state index >= 15 is 0 Å². The zero-order valence-corrected chi connectivity index (χ0v) is 15.7. The number of benzene rings is 3. The third kappa shape index (κ3) is 5.76. The third-order valence-corrected chi connectivity index (χ3v) is 4.93. The van der Waals surface area contributed by atoms with Gasteiger partial charge in [0.1, 0.15) is 12.4 Å². The molecule has 3 rings (SSSR count). The van der Waals surface area contributed by atoms with Crippen molar-refractivity contribution in [2.45, 2.75) is 10.6 Å². The number of nitrogens with one attached hydrogen (secondary N) is 1. The van der Waals surface area contributed by atoms with Crippen molar-refractivity contribution in [2.75, 3.05) is 11.9 Å². The molecule has 0 aromatic heterocycles. The van der Waals surface area contributed by atoms with E-state index in [2.05, 4.69) is 24.0 Å². The lowest BCUT2D eigenvalue weighted by atomic mass is 10.1. The average molecular weight is 375 g/mol. The Morgan fingerprint density at radius 2 is 1.67 bits per heavy atom. The molecule has 0 spiro atoms. The van der Waals surface area contributed by atoms with E-state index in [1.54, 1.807) is 17.8 Å². The van der Waals surface area contributed by atoms with Crippen molar-refractivity contribution in [1.82, 2.24) is 0 Å². The summed E-state index contributed by atoms with van der Waals surface area (Å²) in [5.41, 5.74) is 2.55. The molecule has 0 fully saturated rings. The Bertz CT molecular complexity index is 875. The number of ether oxygens (including phenoxy) is 1.